The Labute approximate surface area is 113 Å². The van der Waals surface area contributed by atoms with Crippen LogP contribution >= 0.6 is 0 Å². The molecule has 5 heteroatoms. The van der Waals surface area contributed by atoms with E-state index in [1.165, 1.54) is 6.07 Å². The summed E-state index contributed by atoms with van der Waals surface area (Å²) in [6.07, 6.45) is -4.19. The number of aldehydes is 1. The Morgan fingerprint density at radius 3 is 2.20 bits per heavy atom. The molecule has 0 heterocycles. The maximum Gasteiger partial charge on any atom is 0.419 e. The van der Waals surface area contributed by atoms with Gasteiger partial charge in [0.2, 0.25) is 0 Å². The highest BCUT2D eigenvalue weighted by molar-refractivity contribution is 5.91. The molecule has 104 valence electrons. The number of carbonyl (C=O) groups excluding carboxylic acids is 1. The molecule has 0 aliphatic rings. The molecule has 20 heavy (non-hydrogen) atoms. The van der Waals surface area contributed by atoms with Gasteiger partial charge in [0.1, 0.15) is 5.75 Å². The smallest absolute Gasteiger partial charge is 0.419 e. The van der Waals surface area contributed by atoms with E-state index in [0.717, 1.165) is 13.2 Å². The van der Waals surface area contributed by atoms with Crippen LogP contribution in [0, 0.1) is 0 Å². The minimum Gasteiger partial charge on any atom is -0.495 e. The zero-order valence-corrected chi connectivity index (χ0v) is 10.6. The van der Waals surface area contributed by atoms with Crippen LogP contribution in [-0.2, 0) is 6.18 Å². The minimum absolute atomic E-state index is 0.103. The van der Waals surface area contributed by atoms with Crippen LogP contribution in [0.3, 0.4) is 0 Å². The van der Waals surface area contributed by atoms with Gasteiger partial charge in [-0.05, 0) is 17.2 Å². The molecule has 2 rings (SSSR count). The molecule has 2 aromatic rings. The SMILES string of the molecule is COc1c(C(F)(F)F)ccc(-c2ccccc2)c1C=O. The van der Waals surface area contributed by atoms with E-state index in [1.54, 1.807) is 30.3 Å². The first-order valence-electron chi connectivity index (χ1n) is 5.78. The zero-order valence-electron chi connectivity index (χ0n) is 10.6. The molecule has 2 nitrogen and oxygen atoms in total. The second kappa shape index (κ2) is 5.36. The van der Waals surface area contributed by atoms with Crippen LogP contribution in [0.1, 0.15) is 15.9 Å². The maximum absolute atomic E-state index is 12.9. The molecular weight excluding hydrogens is 269 g/mol. The van der Waals surface area contributed by atoms with E-state index in [2.05, 4.69) is 0 Å². The molecule has 0 saturated carbocycles. The molecule has 0 spiro atoms. The number of alkyl halides is 3. The second-order valence-corrected chi connectivity index (χ2v) is 4.09. The fraction of sp³-hybridized carbons (Fsp3) is 0.133. The Bertz CT molecular complexity index is 619. The summed E-state index contributed by atoms with van der Waals surface area (Å²) in [5.41, 5.74) is 0.00220. The molecule has 0 atom stereocenters. The number of benzene rings is 2. The standard InChI is InChI=1S/C15H11F3O2/c1-20-14-12(9-19)11(10-5-3-2-4-6-10)7-8-13(14)15(16,17)18/h2-9H,1H3. The highest BCUT2D eigenvalue weighted by Gasteiger charge is 2.36. The van der Waals surface area contributed by atoms with Crippen LogP contribution < -0.4 is 4.74 Å². The highest BCUT2D eigenvalue weighted by atomic mass is 19.4. The topological polar surface area (TPSA) is 26.3 Å². The number of hydrogen-bond acceptors (Lipinski definition) is 2. The van der Waals surface area contributed by atoms with Gasteiger partial charge in [0.25, 0.3) is 0 Å². The van der Waals surface area contributed by atoms with E-state index in [1.807, 2.05) is 0 Å². The quantitative estimate of drug-likeness (QED) is 0.788. The van der Waals surface area contributed by atoms with Crippen molar-refractivity contribution in [2.45, 2.75) is 6.18 Å². The molecule has 0 amide bonds. The van der Waals surface area contributed by atoms with Crippen molar-refractivity contribution in [3.8, 4) is 16.9 Å². The monoisotopic (exact) mass is 280 g/mol. The van der Waals surface area contributed by atoms with Gasteiger partial charge in [-0.15, -0.1) is 0 Å². The zero-order chi connectivity index (χ0) is 14.8. The van der Waals surface area contributed by atoms with Gasteiger partial charge in [-0.3, -0.25) is 4.79 Å². The largest absolute Gasteiger partial charge is 0.495 e. The first-order valence-corrected chi connectivity index (χ1v) is 5.78. The van der Waals surface area contributed by atoms with Gasteiger partial charge < -0.3 is 4.74 Å². The van der Waals surface area contributed by atoms with Crippen molar-refractivity contribution in [2.24, 2.45) is 0 Å². The summed E-state index contributed by atoms with van der Waals surface area (Å²) in [4.78, 5) is 11.2. The summed E-state index contributed by atoms with van der Waals surface area (Å²) in [7, 11) is 1.12. The number of carbonyl (C=O) groups is 1. The van der Waals surface area contributed by atoms with Crippen molar-refractivity contribution in [2.75, 3.05) is 7.11 Å². The molecule has 0 aliphatic carbocycles. The minimum atomic E-state index is -4.57. The highest BCUT2D eigenvalue weighted by Crippen LogP contribution is 2.41. The molecule has 2 aromatic carbocycles. The summed E-state index contributed by atoms with van der Waals surface area (Å²) < 4.78 is 43.5. The third-order valence-electron chi connectivity index (χ3n) is 2.91. The van der Waals surface area contributed by atoms with Gasteiger partial charge in [0, 0.05) is 0 Å². The molecular formula is C15H11F3O2. The fourth-order valence-electron chi connectivity index (χ4n) is 2.03. The van der Waals surface area contributed by atoms with Crippen molar-refractivity contribution >= 4 is 6.29 Å². The average molecular weight is 280 g/mol. The normalized spacial score (nSPS) is 11.2. The van der Waals surface area contributed by atoms with Gasteiger partial charge in [0.15, 0.2) is 6.29 Å². The predicted molar refractivity (Wildman–Crippen MR) is 68.8 cm³/mol. The first-order chi connectivity index (χ1) is 9.49. The second-order valence-electron chi connectivity index (χ2n) is 4.09. The molecule has 0 unspecified atom stereocenters. The fourth-order valence-corrected chi connectivity index (χ4v) is 2.03. The number of methoxy groups -OCH3 is 1. The number of halogens is 3. The van der Waals surface area contributed by atoms with E-state index in [4.69, 9.17) is 4.74 Å². The third kappa shape index (κ3) is 2.52. The van der Waals surface area contributed by atoms with Crippen LogP contribution in [0.4, 0.5) is 13.2 Å². The van der Waals surface area contributed by atoms with Crippen molar-refractivity contribution in [1.82, 2.24) is 0 Å². The molecule has 0 saturated heterocycles. The Balaban J connectivity index is 2.71. The third-order valence-corrected chi connectivity index (χ3v) is 2.91. The van der Waals surface area contributed by atoms with Crippen LogP contribution in [-0.4, -0.2) is 13.4 Å². The summed E-state index contributed by atoms with van der Waals surface area (Å²) in [5.74, 6) is -0.450. The first kappa shape index (κ1) is 14.1. The lowest BCUT2D eigenvalue weighted by Crippen LogP contribution is -2.09. The molecule has 0 N–H and O–H groups in total. The Morgan fingerprint density at radius 2 is 1.70 bits per heavy atom. The Kier molecular flexibility index (Phi) is 3.79. The van der Waals surface area contributed by atoms with Gasteiger partial charge in [-0.25, -0.2) is 0 Å². The Morgan fingerprint density at radius 1 is 1.05 bits per heavy atom. The van der Waals surface area contributed by atoms with Crippen molar-refractivity contribution in [1.29, 1.82) is 0 Å². The van der Waals surface area contributed by atoms with Crippen molar-refractivity contribution in [3.05, 3.63) is 53.6 Å². The lowest BCUT2D eigenvalue weighted by atomic mass is 9.96. The van der Waals surface area contributed by atoms with Gasteiger partial charge >= 0.3 is 6.18 Å². The van der Waals surface area contributed by atoms with E-state index in [0.29, 0.717) is 17.4 Å². The Hall–Kier alpha value is -2.30. The number of rotatable bonds is 3. The summed E-state index contributed by atoms with van der Waals surface area (Å²) in [6.45, 7) is 0. The number of hydrogen-bond donors (Lipinski definition) is 0. The van der Waals surface area contributed by atoms with E-state index in [-0.39, 0.29) is 5.56 Å². The van der Waals surface area contributed by atoms with E-state index >= 15 is 0 Å². The summed E-state index contributed by atoms with van der Waals surface area (Å²) in [5, 5.41) is 0. The van der Waals surface area contributed by atoms with Crippen molar-refractivity contribution in [3.63, 3.8) is 0 Å². The van der Waals surface area contributed by atoms with E-state index in [9.17, 15) is 18.0 Å². The molecule has 0 radical (unpaired) electrons. The van der Waals surface area contributed by atoms with E-state index < -0.39 is 17.5 Å². The number of ether oxygens (including phenoxy) is 1. The summed E-state index contributed by atoms with van der Waals surface area (Å²) in [6, 6.07) is 10.9. The maximum atomic E-state index is 12.9. The summed E-state index contributed by atoms with van der Waals surface area (Å²) >= 11 is 0. The van der Waals surface area contributed by atoms with Gasteiger partial charge in [0.05, 0.1) is 18.2 Å². The van der Waals surface area contributed by atoms with Crippen LogP contribution in [0.25, 0.3) is 11.1 Å². The van der Waals surface area contributed by atoms with Gasteiger partial charge in [-0.1, -0.05) is 36.4 Å². The molecule has 0 aromatic heterocycles. The molecule has 0 aliphatic heterocycles. The van der Waals surface area contributed by atoms with Crippen LogP contribution in [0.15, 0.2) is 42.5 Å². The van der Waals surface area contributed by atoms with Crippen LogP contribution in [0.2, 0.25) is 0 Å². The predicted octanol–water partition coefficient (Wildman–Crippen LogP) is 4.19. The van der Waals surface area contributed by atoms with Gasteiger partial charge in [-0.2, -0.15) is 13.2 Å². The lowest BCUT2D eigenvalue weighted by Gasteiger charge is -2.16. The molecule has 0 fully saturated rings. The lowest BCUT2D eigenvalue weighted by molar-refractivity contribution is -0.138. The van der Waals surface area contributed by atoms with Crippen LogP contribution in [0.5, 0.6) is 5.75 Å². The molecule has 0 bridgehead atoms. The average Bonchev–Trinajstić information content (AvgIpc) is 2.45. The van der Waals surface area contributed by atoms with Crippen molar-refractivity contribution < 1.29 is 22.7 Å².